The van der Waals surface area contributed by atoms with Gasteiger partial charge in [0.25, 0.3) is 0 Å². The predicted octanol–water partition coefficient (Wildman–Crippen LogP) is 1.99. The van der Waals surface area contributed by atoms with Crippen LogP contribution in [0.15, 0.2) is 59.6 Å². The van der Waals surface area contributed by atoms with Gasteiger partial charge in [0.1, 0.15) is 5.82 Å². The molecule has 0 radical (unpaired) electrons. The summed E-state index contributed by atoms with van der Waals surface area (Å²) in [6.07, 6.45) is 2.00. The van der Waals surface area contributed by atoms with Gasteiger partial charge in [-0.15, -0.1) is 0 Å². The zero-order chi connectivity index (χ0) is 14.8. The molecule has 0 atom stereocenters. The largest absolute Gasteiger partial charge is 0.342 e. The predicted molar refractivity (Wildman–Crippen MR) is 84.4 cm³/mol. The highest BCUT2D eigenvalue weighted by Gasteiger charge is 2.11. The van der Waals surface area contributed by atoms with E-state index in [-0.39, 0.29) is 5.82 Å². The van der Waals surface area contributed by atoms with E-state index in [0.717, 1.165) is 21.4 Å². The lowest BCUT2D eigenvalue weighted by Gasteiger charge is -2.05. The van der Waals surface area contributed by atoms with Crippen molar-refractivity contribution in [2.45, 2.75) is 11.4 Å². The second-order valence-corrected chi connectivity index (χ2v) is 5.89. The summed E-state index contributed by atoms with van der Waals surface area (Å²) in [5.41, 5.74) is 7.58. The number of amidine groups is 1. The van der Waals surface area contributed by atoms with Crippen molar-refractivity contribution >= 4 is 27.8 Å². The van der Waals surface area contributed by atoms with Crippen LogP contribution in [0.5, 0.6) is 0 Å². The lowest BCUT2D eigenvalue weighted by Crippen LogP contribution is -2.43. The first-order valence-corrected chi connectivity index (χ1v) is 7.33. The number of nitrogens with two attached hydrogens (primary N) is 2. The number of aromatic nitrogens is 1. The Kier molecular flexibility index (Phi) is 3.66. The Labute approximate surface area is 126 Å². The Morgan fingerprint density at radius 1 is 1.19 bits per heavy atom. The number of fused-ring (bicyclic) bond motifs is 1. The van der Waals surface area contributed by atoms with E-state index in [4.69, 9.17) is 11.1 Å². The highest BCUT2D eigenvalue weighted by molar-refractivity contribution is 8.13. The smallest absolute Gasteiger partial charge is 0.304 e. The van der Waals surface area contributed by atoms with Crippen LogP contribution < -0.4 is 11.1 Å². The highest BCUT2D eigenvalue weighted by atomic mass is 32.2. The van der Waals surface area contributed by atoms with Crippen LogP contribution in [0.2, 0.25) is 0 Å². The lowest BCUT2D eigenvalue weighted by atomic mass is 10.2. The van der Waals surface area contributed by atoms with Gasteiger partial charge in [-0.3, -0.25) is 11.1 Å². The van der Waals surface area contributed by atoms with E-state index < -0.39 is 0 Å². The second kappa shape index (κ2) is 5.61. The molecule has 1 heterocycles. The van der Waals surface area contributed by atoms with E-state index in [1.807, 2.05) is 36.5 Å². The van der Waals surface area contributed by atoms with Gasteiger partial charge in [-0.1, -0.05) is 30.3 Å². The number of nitrogens with zero attached hydrogens (tertiary/aromatic N) is 1. The number of benzene rings is 2. The molecule has 0 unspecified atom stereocenters. The molecule has 0 aliphatic heterocycles. The van der Waals surface area contributed by atoms with Gasteiger partial charge in [0, 0.05) is 28.5 Å². The first-order valence-electron chi connectivity index (χ1n) is 6.51. The van der Waals surface area contributed by atoms with E-state index in [0.29, 0.717) is 11.7 Å². The summed E-state index contributed by atoms with van der Waals surface area (Å²) >= 11 is 1.34. The molecule has 1 aromatic heterocycles. The minimum absolute atomic E-state index is 0.224. The molecule has 4 N–H and O–H groups in total. The average molecular weight is 300 g/mol. The molecule has 3 nitrogen and oxygen atoms in total. The molecule has 21 heavy (non-hydrogen) atoms. The molecule has 2 aromatic carbocycles. The Morgan fingerprint density at radius 3 is 2.76 bits per heavy atom. The molecular weight excluding hydrogens is 285 g/mol. The number of hydrogen-bond acceptors (Lipinski definition) is 1. The molecule has 0 fully saturated rings. The van der Waals surface area contributed by atoms with Crippen LogP contribution in [0.3, 0.4) is 0 Å². The SMILES string of the molecule is NC(=[NH2+])Sc1cn(Cc2cccc(F)c2)c2ccccc12. The van der Waals surface area contributed by atoms with E-state index in [9.17, 15) is 4.39 Å². The van der Waals surface area contributed by atoms with Crippen LogP contribution in [-0.2, 0) is 6.54 Å². The molecule has 5 heteroatoms. The summed E-state index contributed by atoms with van der Waals surface area (Å²) in [6, 6.07) is 14.6. The maximum atomic E-state index is 13.3. The van der Waals surface area contributed by atoms with Crippen LogP contribution in [0.4, 0.5) is 4.39 Å². The minimum atomic E-state index is -0.224. The monoisotopic (exact) mass is 300 g/mol. The topological polar surface area (TPSA) is 56.5 Å². The Bertz CT molecular complexity index is 810. The van der Waals surface area contributed by atoms with Crippen LogP contribution in [0, 0.1) is 5.82 Å². The molecule has 0 amide bonds. The maximum Gasteiger partial charge on any atom is 0.304 e. The number of thioether (sulfide) groups is 1. The fraction of sp³-hybridized carbons (Fsp3) is 0.0625. The van der Waals surface area contributed by atoms with Gasteiger partial charge < -0.3 is 4.57 Å². The Hall–Kier alpha value is -2.27. The molecular formula is C16H15FN3S+. The number of rotatable bonds is 3. The highest BCUT2D eigenvalue weighted by Crippen LogP contribution is 2.29. The van der Waals surface area contributed by atoms with Crippen LogP contribution in [-0.4, -0.2) is 9.73 Å². The average Bonchev–Trinajstić information content (AvgIpc) is 2.77. The summed E-state index contributed by atoms with van der Waals surface area (Å²) < 4.78 is 15.4. The van der Waals surface area contributed by atoms with E-state index in [1.54, 1.807) is 12.1 Å². The zero-order valence-corrected chi connectivity index (χ0v) is 12.1. The second-order valence-electron chi connectivity index (χ2n) is 4.77. The van der Waals surface area contributed by atoms with Gasteiger partial charge >= 0.3 is 5.17 Å². The van der Waals surface area contributed by atoms with Crippen molar-refractivity contribution in [2.75, 3.05) is 0 Å². The molecule has 3 rings (SSSR count). The van der Waals surface area contributed by atoms with Crippen molar-refractivity contribution in [3.05, 3.63) is 66.1 Å². The summed E-state index contributed by atoms with van der Waals surface area (Å²) in [5.74, 6) is -0.224. The Balaban J connectivity index is 2.04. The fourth-order valence-electron chi connectivity index (χ4n) is 2.38. The fourth-order valence-corrected chi connectivity index (χ4v) is 3.10. The van der Waals surface area contributed by atoms with E-state index in [2.05, 4.69) is 4.57 Å². The molecule has 0 bridgehead atoms. The van der Waals surface area contributed by atoms with Gasteiger partial charge in [-0.25, -0.2) is 4.39 Å². The third-order valence-corrected chi connectivity index (χ3v) is 4.00. The Morgan fingerprint density at radius 2 is 2.00 bits per heavy atom. The van der Waals surface area contributed by atoms with Gasteiger partial charge in [-0.05, 0) is 35.5 Å². The lowest BCUT2D eigenvalue weighted by molar-refractivity contribution is -0.110. The summed E-state index contributed by atoms with van der Waals surface area (Å²) in [7, 11) is 0. The molecule has 0 aliphatic carbocycles. The molecule has 0 saturated carbocycles. The van der Waals surface area contributed by atoms with Crippen LogP contribution in [0.1, 0.15) is 5.56 Å². The maximum absolute atomic E-state index is 13.3. The number of halogens is 1. The quantitative estimate of drug-likeness (QED) is 0.441. The van der Waals surface area contributed by atoms with Gasteiger partial charge in [0.2, 0.25) is 0 Å². The first kappa shape index (κ1) is 13.7. The van der Waals surface area contributed by atoms with Gasteiger partial charge in [-0.2, -0.15) is 0 Å². The number of para-hydroxylation sites is 1. The van der Waals surface area contributed by atoms with Crippen LogP contribution in [0.25, 0.3) is 10.9 Å². The minimum Gasteiger partial charge on any atom is -0.342 e. The zero-order valence-electron chi connectivity index (χ0n) is 11.3. The van der Waals surface area contributed by atoms with Crippen LogP contribution >= 0.6 is 11.8 Å². The normalized spacial score (nSPS) is 10.9. The summed E-state index contributed by atoms with van der Waals surface area (Å²) in [6.45, 7) is 0.601. The van der Waals surface area contributed by atoms with Crippen molar-refractivity contribution in [2.24, 2.45) is 5.73 Å². The molecule has 3 aromatic rings. The van der Waals surface area contributed by atoms with Crippen molar-refractivity contribution in [3.8, 4) is 0 Å². The molecule has 106 valence electrons. The summed E-state index contributed by atoms with van der Waals surface area (Å²) in [4.78, 5) is 1.00. The van der Waals surface area contributed by atoms with Gasteiger partial charge in [0.05, 0.1) is 0 Å². The van der Waals surface area contributed by atoms with E-state index >= 15 is 0 Å². The van der Waals surface area contributed by atoms with Gasteiger partial charge in [0.15, 0.2) is 0 Å². The summed E-state index contributed by atoms with van der Waals surface area (Å²) in [5, 5.41) is 6.99. The standard InChI is InChI=1S/C16H14FN3S/c17-12-5-3-4-11(8-12)9-20-10-15(21-16(18)19)13-6-1-2-7-14(13)20/h1-8,10H,9H2,(H3,18,19)/p+1. The van der Waals surface area contributed by atoms with E-state index in [1.165, 1.54) is 17.8 Å². The first-order chi connectivity index (χ1) is 10.1. The van der Waals surface area contributed by atoms with Crippen molar-refractivity contribution in [1.29, 1.82) is 0 Å². The molecule has 0 saturated heterocycles. The van der Waals surface area contributed by atoms with Crippen molar-refractivity contribution in [3.63, 3.8) is 0 Å². The number of hydrogen-bond donors (Lipinski definition) is 2. The third-order valence-electron chi connectivity index (χ3n) is 3.22. The molecule has 0 spiro atoms. The van der Waals surface area contributed by atoms with Crippen molar-refractivity contribution < 1.29 is 9.80 Å². The molecule has 0 aliphatic rings. The third kappa shape index (κ3) is 2.92. The van der Waals surface area contributed by atoms with Crippen molar-refractivity contribution in [1.82, 2.24) is 4.57 Å².